The number of benzene rings is 1. The van der Waals surface area contributed by atoms with E-state index in [2.05, 4.69) is 4.98 Å². The minimum Gasteiger partial charge on any atom is -0.508 e. The van der Waals surface area contributed by atoms with E-state index in [0.717, 1.165) is 16.8 Å². The van der Waals surface area contributed by atoms with Crippen molar-refractivity contribution in [2.75, 3.05) is 0 Å². The molecule has 4 nitrogen and oxygen atoms in total. The third-order valence-electron chi connectivity index (χ3n) is 3.46. The maximum absolute atomic E-state index is 12.1. The van der Waals surface area contributed by atoms with E-state index in [1.807, 2.05) is 12.1 Å². The van der Waals surface area contributed by atoms with Crippen LogP contribution in [0.15, 0.2) is 57.9 Å². The van der Waals surface area contributed by atoms with Crippen LogP contribution < -0.4 is 5.43 Å². The highest BCUT2D eigenvalue weighted by molar-refractivity contribution is 5.68. The summed E-state index contributed by atoms with van der Waals surface area (Å²) in [5, 5.41) is 9.31. The first-order valence-corrected chi connectivity index (χ1v) is 6.92. The summed E-state index contributed by atoms with van der Waals surface area (Å²) in [5.41, 5.74) is 2.87. The lowest BCUT2D eigenvalue weighted by molar-refractivity contribution is 0.475. The molecule has 0 aliphatic heterocycles. The largest absolute Gasteiger partial charge is 0.508 e. The summed E-state index contributed by atoms with van der Waals surface area (Å²) in [4.78, 5) is 16.5. The number of rotatable bonds is 2. The van der Waals surface area contributed by atoms with Gasteiger partial charge in [0, 0.05) is 23.4 Å². The zero-order valence-corrected chi connectivity index (χ0v) is 12.3. The SMILES string of the molecule is Cc1cc(=O)c(-c2ccc(-c3ccc(O)cc3)nc2)c(C)o1. The lowest BCUT2D eigenvalue weighted by atomic mass is 10.0. The molecular formula is C18H15NO3. The normalized spacial score (nSPS) is 10.6. The van der Waals surface area contributed by atoms with Gasteiger partial charge in [0.1, 0.15) is 17.3 Å². The van der Waals surface area contributed by atoms with Crippen LogP contribution in [0.25, 0.3) is 22.4 Å². The summed E-state index contributed by atoms with van der Waals surface area (Å²) in [6, 6.07) is 12.0. The summed E-state index contributed by atoms with van der Waals surface area (Å²) >= 11 is 0. The summed E-state index contributed by atoms with van der Waals surface area (Å²) in [7, 11) is 0. The van der Waals surface area contributed by atoms with Crippen molar-refractivity contribution >= 4 is 0 Å². The average Bonchev–Trinajstić information content (AvgIpc) is 2.48. The Bertz CT molecular complexity index is 862. The fourth-order valence-corrected chi connectivity index (χ4v) is 2.44. The molecule has 0 atom stereocenters. The van der Waals surface area contributed by atoms with Crippen LogP contribution in [0.3, 0.4) is 0 Å². The number of aromatic hydroxyl groups is 1. The summed E-state index contributed by atoms with van der Waals surface area (Å²) in [6.07, 6.45) is 1.66. The second-order valence-electron chi connectivity index (χ2n) is 5.13. The molecule has 3 rings (SSSR count). The monoisotopic (exact) mass is 293 g/mol. The van der Waals surface area contributed by atoms with Crippen molar-refractivity contribution in [3.63, 3.8) is 0 Å². The molecule has 3 aromatic rings. The molecule has 110 valence electrons. The van der Waals surface area contributed by atoms with Gasteiger partial charge in [0.2, 0.25) is 0 Å². The molecule has 2 heterocycles. The van der Waals surface area contributed by atoms with Gasteiger partial charge in [-0.15, -0.1) is 0 Å². The second-order valence-corrected chi connectivity index (χ2v) is 5.13. The predicted molar refractivity (Wildman–Crippen MR) is 84.8 cm³/mol. The Labute approximate surface area is 127 Å². The fourth-order valence-electron chi connectivity index (χ4n) is 2.44. The van der Waals surface area contributed by atoms with Crippen LogP contribution in [-0.4, -0.2) is 10.1 Å². The molecule has 0 aliphatic carbocycles. The van der Waals surface area contributed by atoms with Crippen molar-refractivity contribution in [1.29, 1.82) is 0 Å². The topological polar surface area (TPSA) is 63.3 Å². The van der Waals surface area contributed by atoms with Gasteiger partial charge in [-0.25, -0.2) is 0 Å². The number of hydrogen-bond donors (Lipinski definition) is 1. The van der Waals surface area contributed by atoms with Crippen LogP contribution >= 0.6 is 0 Å². The van der Waals surface area contributed by atoms with E-state index in [1.165, 1.54) is 6.07 Å². The minimum absolute atomic E-state index is 0.0690. The van der Waals surface area contributed by atoms with E-state index in [1.54, 1.807) is 44.3 Å². The molecule has 0 radical (unpaired) electrons. The molecule has 0 bridgehead atoms. The molecule has 4 heteroatoms. The lowest BCUT2D eigenvalue weighted by Crippen LogP contribution is -2.06. The Hall–Kier alpha value is -2.88. The molecule has 0 spiro atoms. The number of hydrogen-bond acceptors (Lipinski definition) is 4. The number of pyridine rings is 1. The van der Waals surface area contributed by atoms with Crippen LogP contribution in [0.2, 0.25) is 0 Å². The Morgan fingerprint density at radius 2 is 1.68 bits per heavy atom. The van der Waals surface area contributed by atoms with E-state index in [0.29, 0.717) is 17.1 Å². The highest BCUT2D eigenvalue weighted by Gasteiger charge is 2.10. The molecule has 0 fully saturated rings. The van der Waals surface area contributed by atoms with Gasteiger partial charge in [-0.3, -0.25) is 9.78 Å². The standard InChI is InChI=1S/C18H15NO3/c1-11-9-17(21)18(12(2)22-11)14-5-8-16(19-10-14)13-3-6-15(20)7-4-13/h3-10,20H,1-2H3. The number of aryl methyl sites for hydroxylation is 2. The average molecular weight is 293 g/mol. The molecule has 1 N–H and O–H groups in total. The molecule has 0 amide bonds. The minimum atomic E-state index is -0.0690. The molecule has 0 unspecified atom stereocenters. The number of phenols is 1. The Balaban J connectivity index is 2.02. The molecule has 0 aliphatic rings. The first-order chi connectivity index (χ1) is 10.5. The highest BCUT2D eigenvalue weighted by Crippen LogP contribution is 2.24. The molecule has 2 aromatic heterocycles. The molecule has 0 saturated carbocycles. The molecule has 22 heavy (non-hydrogen) atoms. The van der Waals surface area contributed by atoms with Crippen molar-refractivity contribution in [2.24, 2.45) is 0 Å². The van der Waals surface area contributed by atoms with Gasteiger partial charge in [0.25, 0.3) is 0 Å². The highest BCUT2D eigenvalue weighted by atomic mass is 16.3. The fraction of sp³-hybridized carbons (Fsp3) is 0.111. The van der Waals surface area contributed by atoms with Gasteiger partial charge in [0.05, 0.1) is 11.3 Å². The smallest absolute Gasteiger partial charge is 0.193 e. The van der Waals surface area contributed by atoms with Crippen molar-refractivity contribution < 1.29 is 9.52 Å². The predicted octanol–water partition coefficient (Wildman–Crippen LogP) is 3.69. The quantitative estimate of drug-likeness (QED) is 0.782. The third-order valence-corrected chi connectivity index (χ3v) is 3.46. The van der Waals surface area contributed by atoms with Gasteiger partial charge in [-0.05, 0) is 44.2 Å². The molecule has 0 saturated heterocycles. The first kappa shape index (κ1) is 14.1. The zero-order chi connectivity index (χ0) is 15.7. The van der Waals surface area contributed by atoms with Gasteiger partial charge in [-0.1, -0.05) is 6.07 Å². The summed E-state index contributed by atoms with van der Waals surface area (Å²) < 4.78 is 5.52. The van der Waals surface area contributed by atoms with Crippen LogP contribution in [0.4, 0.5) is 0 Å². The first-order valence-electron chi connectivity index (χ1n) is 6.92. The molecule has 1 aromatic carbocycles. The van der Waals surface area contributed by atoms with Crippen molar-refractivity contribution in [2.45, 2.75) is 13.8 Å². The van der Waals surface area contributed by atoms with Gasteiger partial charge in [-0.2, -0.15) is 0 Å². The number of phenolic OH excluding ortho intramolecular Hbond substituents is 1. The lowest BCUT2D eigenvalue weighted by Gasteiger charge is -2.06. The van der Waals surface area contributed by atoms with Gasteiger partial charge >= 0.3 is 0 Å². The van der Waals surface area contributed by atoms with Crippen molar-refractivity contribution in [1.82, 2.24) is 4.98 Å². The van der Waals surface area contributed by atoms with E-state index >= 15 is 0 Å². The Morgan fingerprint density at radius 1 is 1.00 bits per heavy atom. The Morgan fingerprint density at radius 3 is 2.27 bits per heavy atom. The van der Waals surface area contributed by atoms with Crippen LogP contribution in [0.1, 0.15) is 11.5 Å². The van der Waals surface area contributed by atoms with Crippen molar-refractivity contribution in [3.8, 4) is 28.1 Å². The van der Waals surface area contributed by atoms with E-state index in [9.17, 15) is 9.90 Å². The third kappa shape index (κ3) is 2.63. The number of nitrogens with zero attached hydrogens (tertiary/aromatic N) is 1. The van der Waals surface area contributed by atoms with E-state index in [4.69, 9.17) is 4.42 Å². The summed E-state index contributed by atoms with van der Waals surface area (Å²) in [6.45, 7) is 3.53. The van der Waals surface area contributed by atoms with E-state index in [-0.39, 0.29) is 11.2 Å². The summed E-state index contributed by atoms with van der Waals surface area (Å²) in [5.74, 6) is 1.40. The van der Waals surface area contributed by atoms with Crippen LogP contribution in [0, 0.1) is 13.8 Å². The van der Waals surface area contributed by atoms with Gasteiger partial charge < -0.3 is 9.52 Å². The van der Waals surface area contributed by atoms with Crippen molar-refractivity contribution in [3.05, 3.63) is 70.4 Å². The second kappa shape index (κ2) is 5.48. The van der Waals surface area contributed by atoms with Crippen LogP contribution in [-0.2, 0) is 0 Å². The maximum Gasteiger partial charge on any atom is 0.193 e. The number of aromatic nitrogens is 1. The van der Waals surface area contributed by atoms with Crippen LogP contribution in [0.5, 0.6) is 5.75 Å². The van der Waals surface area contributed by atoms with Gasteiger partial charge in [0.15, 0.2) is 5.43 Å². The molecular weight excluding hydrogens is 278 g/mol. The zero-order valence-electron chi connectivity index (χ0n) is 12.3. The maximum atomic E-state index is 12.1. The van der Waals surface area contributed by atoms with E-state index < -0.39 is 0 Å². The Kier molecular flexibility index (Phi) is 3.51.